The van der Waals surface area contributed by atoms with E-state index in [2.05, 4.69) is 10.5 Å². The smallest absolute Gasteiger partial charge is 0.244 e. The zero-order chi connectivity index (χ0) is 15.2. The van der Waals surface area contributed by atoms with E-state index < -0.39 is 0 Å². The number of nitrogens with one attached hydrogen (secondary N) is 1. The van der Waals surface area contributed by atoms with Gasteiger partial charge in [-0.05, 0) is 42.3 Å². The van der Waals surface area contributed by atoms with Gasteiger partial charge in [0.15, 0.2) is 0 Å². The Balaban J connectivity index is 1.94. The molecule has 0 aliphatic heterocycles. The summed E-state index contributed by atoms with van der Waals surface area (Å²) in [7, 11) is 0. The van der Waals surface area contributed by atoms with Crippen LogP contribution in [0.5, 0.6) is 0 Å². The fraction of sp³-hybridized carbons (Fsp3) is 0.125. The van der Waals surface area contributed by atoms with Crippen molar-refractivity contribution in [1.82, 2.24) is 5.43 Å². The van der Waals surface area contributed by atoms with Crippen molar-refractivity contribution in [2.45, 2.75) is 13.3 Å². The van der Waals surface area contributed by atoms with E-state index in [9.17, 15) is 4.79 Å². The second-order valence-electron chi connectivity index (χ2n) is 4.54. The average Bonchev–Trinajstić information content (AvgIpc) is 2.48. The summed E-state index contributed by atoms with van der Waals surface area (Å²) >= 11 is 11.6. The highest BCUT2D eigenvalue weighted by Gasteiger charge is 2.03. The average molecular weight is 321 g/mol. The number of hydrogen-bond acceptors (Lipinski definition) is 2. The van der Waals surface area contributed by atoms with Gasteiger partial charge in [-0.1, -0.05) is 47.5 Å². The molecule has 0 heterocycles. The lowest BCUT2D eigenvalue weighted by Gasteiger charge is -2.03. The summed E-state index contributed by atoms with van der Waals surface area (Å²) in [6, 6.07) is 14.4. The molecule has 2 rings (SSSR count). The number of benzene rings is 2. The highest BCUT2D eigenvalue weighted by atomic mass is 35.5. The summed E-state index contributed by atoms with van der Waals surface area (Å²) in [5, 5.41) is 5.40. The van der Waals surface area contributed by atoms with Gasteiger partial charge in [-0.15, -0.1) is 0 Å². The van der Waals surface area contributed by atoms with E-state index in [-0.39, 0.29) is 12.3 Å². The maximum Gasteiger partial charge on any atom is 0.244 e. The molecule has 21 heavy (non-hydrogen) atoms. The maximum absolute atomic E-state index is 11.8. The molecule has 1 amide bonds. The Hall–Kier alpha value is -1.84. The van der Waals surface area contributed by atoms with Crippen LogP contribution >= 0.6 is 23.2 Å². The minimum atomic E-state index is -0.175. The van der Waals surface area contributed by atoms with Crippen LogP contribution in [-0.4, -0.2) is 11.6 Å². The summed E-state index contributed by atoms with van der Waals surface area (Å²) in [4.78, 5) is 11.8. The second-order valence-corrected chi connectivity index (χ2v) is 5.42. The van der Waals surface area contributed by atoms with E-state index in [0.717, 1.165) is 16.8 Å². The molecule has 2 aromatic rings. The Kier molecular flexibility index (Phi) is 5.37. The third-order valence-electron chi connectivity index (χ3n) is 2.89. The minimum absolute atomic E-state index is 0.175. The van der Waals surface area contributed by atoms with Gasteiger partial charge in [-0.2, -0.15) is 5.10 Å². The van der Waals surface area contributed by atoms with Gasteiger partial charge in [0, 0.05) is 10.0 Å². The van der Waals surface area contributed by atoms with E-state index in [4.69, 9.17) is 23.2 Å². The van der Waals surface area contributed by atoms with Crippen LogP contribution in [0.1, 0.15) is 18.1 Å². The summed E-state index contributed by atoms with van der Waals surface area (Å²) in [5.41, 5.74) is 5.05. The molecule has 0 aromatic heterocycles. The molecular formula is C16H14Cl2N2O. The lowest BCUT2D eigenvalue weighted by atomic mass is 10.1. The number of carbonyl (C=O) groups is 1. The molecule has 0 radical (unpaired) electrons. The molecule has 0 spiro atoms. The number of hydrazone groups is 1. The van der Waals surface area contributed by atoms with Crippen LogP contribution in [0.25, 0.3) is 0 Å². The third kappa shape index (κ3) is 4.88. The van der Waals surface area contributed by atoms with E-state index in [0.29, 0.717) is 10.0 Å². The first-order valence-corrected chi connectivity index (χ1v) is 7.14. The first kappa shape index (κ1) is 15.5. The van der Waals surface area contributed by atoms with Gasteiger partial charge >= 0.3 is 0 Å². The van der Waals surface area contributed by atoms with Gasteiger partial charge in [0.1, 0.15) is 0 Å². The van der Waals surface area contributed by atoms with Crippen LogP contribution < -0.4 is 5.43 Å². The summed E-state index contributed by atoms with van der Waals surface area (Å²) in [5.74, 6) is -0.175. The molecule has 0 unspecified atom stereocenters. The monoisotopic (exact) mass is 320 g/mol. The zero-order valence-corrected chi connectivity index (χ0v) is 12.9. The number of amides is 1. The molecule has 0 aliphatic carbocycles. The molecule has 0 fully saturated rings. The van der Waals surface area contributed by atoms with Crippen molar-refractivity contribution in [1.29, 1.82) is 0 Å². The predicted molar refractivity (Wildman–Crippen MR) is 87.0 cm³/mol. The van der Waals surface area contributed by atoms with Crippen molar-refractivity contribution in [2.75, 3.05) is 0 Å². The van der Waals surface area contributed by atoms with E-state index in [1.807, 2.05) is 31.2 Å². The van der Waals surface area contributed by atoms with Gasteiger partial charge in [-0.3, -0.25) is 4.79 Å². The fourth-order valence-electron chi connectivity index (χ4n) is 1.73. The molecule has 0 bridgehead atoms. The molecule has 2 aromatic carbocycles. The van der Waals surface area contributed by atoms with Crippen molar-refractivity contribution < 1.29 is 4.79 Å². The lowest BCUT2D eigenvalue weighted by Crippen LogP contribution is -2.21. The third-order valence-corrected chi connectivity index (χ3v) is 3.39. The molecule has 0 saturated heterocycles. The quantitative estimate of drug-likeness (QED) is 0.669. The van der Waals surface area contributed by atoms with Crippen molar-refractivity contribution in [2.24, 2.45) is 5.10 Å². The molecule has 108 valence electrons. The SMILES string of the molecule is C/C(=N\NC(=O)Cc1ccc(Cl)cc1)c1ccc(Cl)cc1. The van der Waals surface area contributed by atoms with Crippen molar-refractivity contribution in [3.8, 4) is 0 Å². The van der Waals surface area contributed by atoms with Crippen LogP contribution in [0.3, 0.4) is 0 Å². The number of rotatable bonds is 4. The van der Waals surface area contributed by atoms with Gasteiger partial charge in [0.2, 0.25) is 5.91 Å². The first-order valence-electron chi connectivity index (χ1n) is 6.38. The fourth-order valence-corrected chi connectivity index (χ4v) is 1.98. The van der Waals surface area contributed by atoms with Crippen molar-refractivity contribution in [3.63, 3.8) is 0 Å². The lowest BCUT2D eigenvalue weighted by molar-refractivity contribution is -0.120. The van der Waals surface area contributed by atoms with E-state index >= 15 is 0 Å². The Labute approximate surface area is 133 Å². The van der Waals surface area contributed by atoms with Crippen molar-refractivity contribution in [3.05, 3.63) is 69.7 Å². The first-order chi connectivity index (χ1) is 10.0. The number of nitrogens with zero attached hydrogens (tertiary/aromatic N) is 1. The van der Waals surface area contributed by atoms with Gasteiger partial charge < -0.3 is 0 Å². The van der Waals surface area contributed by atoms with E-state index in [1.54, 1.807) is 24.3 Å². The molecule has 5 heteroatoms. The molecule has 3 nitrogen and oxygen atoms in total. The van der Waals surface area contributed by atoms with Crippen LogP contribution in [-0.2, 0) is 11.2 Å². The summed E-state index contributed by atoms with van der Waals surface area (Å²) in [6.45, 7) is 1.83. The Morgan fingerprint density at radius 1 is 1.00 bits per heavy atom. The Bertz CT molecular complexity index is 649. The minimum Gasteiger partial charge on any atom is -0.273 e. The molecule has 0 atom stereocenters. The van der Waals surface area contributed by atoms with Crippen LogP contribution in [0, 0.1) is 0 Å². The predicted octanol–water partition coefficient (Wildman–Crippen LogP) is 4.08. The second kappa shape index (κ2) is 7.25. The van der Waals surface area contributed by atoms with Gasteiger partial charge in [-0.25, -0.2) is 5.43 Å². The maximum atomic E-state index is 11.8. The summed E-state index contributed by atoms with van der Waals surface area (Å²) < 4.78 is 0. The number of hydrogen-bond donors (Lipinski definition) is 1. The molecule has 0 aliphatic rings. The zero-order valence-electron chi connectivity index (χ0n) is 11.4. The molecule has 0 saturated carbocycles. The van der Waals surface area contributed by atoms with Gasteiger partial charge in [0.05, 0.1) is 12.1 Å². The molecular weight excluding hydrogens is 307 g/mol. The molecule has 1 N–H and O–H groups in total. The Morgan fingerprint density at radius 3 is 2.10 bits per heavy atom. The summed E-state index contributed by atoms with van der Waals surface area (Å²) in [6.07, 6.45) is 0.258. The Morgan fingerprint density at radius 2 is 1.52 bits per heavy atom. The van der Waals surface area contributed by atoms with Crippen molar-refractivity contribution >= 4 is 34.8 Å². The van der Waals surface area contributed by atoms with Crippen LogP contribution in [0.2, 0.25) is 10.0 Å². The normalized spacial score (nSPS) is 11.3. The number of carbonyl (C=O) groups excluding carboxylic acids is 1. The van der Waals surface area contributed by atoms with Gasteiger partial charge in [0.25, 0.3) is 0 Å². The highest BCUT2D eigenvalue weighted by Crippen LogP contribution is 2.11. The standard InChI is InChI=1S/C16H14Cl2N2O/c1-11(13-4-8-15(18)9-5-13)19-20-16(21)10-12-2-6-14(17)7-3-12/h2-9H,10H2,1H3,(H,20,21)/b19-11+. The highest BCUT2D eigenvalue weighted by molar-refractivity contribution is 6.30. The van der Waals surface area contributed by atoms with Crippen LogP contribution in [0.4, 0.5) is 0 Å². The van der Waals surface area contributed by atoms with Crippen LogP contribution in [0.15, 0.2) is 53.6 Å². The topological polar surface area (TPSA) is 41.5 Å². The number of halogens is 2. The van der Waals surface area contributed by atoms with E-state index in [1.165, 1.54) is 0 Å². The largest absolute Gasteiger partial charge is 0.273 e.